The van der Waals surface area contributed by atoms with Gasteiger partial charge in [0.2, 0.25) is 0 Å². The van der Waals surface area contributed by atoms with Crippen LogP contribution in [0.4, 0.5) is 5.69 Å². The minimum atomic E-state index is 0.656. The highest BCUT2D eigenvalue weighted by atomic mass is 35.5. The summed E-state index contributed by atoms with van der Waals surface area (Å²) in [5, 5.41) is 5.26. The van der Waals surface area contributed by atoms with Crippen molar-refractivity contribution < 1.29 is 0 Å². The number of allylic oxidation sites excluding steroid dienone is 2. The Morgan fingerprint density at radius 3 is 3.06 bits per heavy atom. The van der Waals surface area contributed by atoms with Gasteiger partial charge < -0.3 is 0 Å². The molecule has 0 amide bonds. The molecule has 1 aromatic rings. The van der Waals surface area contributed by atoms with Crippen molar-refractivity contribution in [1.29, 1.82) is 0 Å². The lowest BCUT2D eigenvalue weighted by atomic mass is 9.74. The van der Waals surface area contributed by atoms with Gasteiger partial charge in [-0.2, -0.15) is 5.10 Å². The molecule has 2 aliphatic rings. The molecule has 2 atom stereocenters. The Labute approximate surface area is 106 Å². The predicted octanol–water partition coefficient (Wildman–Crippen LogP) is 4.01. The van der Waals surface area contributed by atoms with Crippen LogP contribution in [0.1, 0.15) is 18.4 Å². The molecule has 2 nitrogen and oxygen atoms in total. The summed E-state index contributed by atoms with van der Waals surface area (Å²) in [7, 11) is 0. The maximum absolute atomic E-state index is 6.07. The van der Waals surface area contributed by atoms with Gasteiger partial charge in [0.05, 0.1) is 5.69 Å². The Bertz CT molecular complexity index is 505. The third-order valence-corrected chi connectivity index (χ3v) is 4.07. The molecule has 3 rings (SSSR count). The first kappa shape index (κ1) is 10.8. The number of halogens is 1. The number of rotatable bonds is 2. The maximum atomic E-state index is 6.07. The Morgan fingerprint density at radius 2 is 2.29 bits per heavy atom. The van der Waals surface area contributed by atoms with Gasteiger partial charge >= 0.3 is 0 Å². The van der Waals surface area contributed by atoms with E-state index in [-0.39, 0.29) is 0 Å². The lowest BCUT2D eigenvalue weighted by Crippen LogP contribution is -2.33. The van der Waals surface area contributed by atoms with Gasteiger partial charge in [-0.15, -0.1) is 0 Å². The lowest BCUT2D eigenvalue weighted by Gasteiger charge is -2.31. The average molecular weight is 247 g/mol. The highest BCUT2D eigenvalue weighted by molar-refractivity contribution is 6.31. The second-order valence-electron chi connectivity index (χ2n) is 4.82. The zero-order valence-electron chi connectivity index (χ0n) is 9.78. The first-order chi connectivity index (χ1) is 8.24. The Hall–Kier alpha value is -1.28. The largest absolute Gasteiger partial charge is 0.279 e. The maximum Gasteiger partial charge on any atom is 0.0576 e. The van der Waals surface area contributed by atoms with Gasteiger partial charge in [-0.1, -0.05) is 29.8 Å². The Kier molecular flexibility index (Phi) is 2.67. The second kappa shape index (κ2) is 4.19. The van der Waals surface area contributed by atoms with Gasteiger partial charge in [0.15, 0.2) is 0 Å². The van der Waals surface area contributed by atoms with Crippen LogP contribution < -0.4 is 5.43 Å². The molecule has 88 valence electrons. The van der Waals surface area contributed by atoms with Crippen molar-refractivity contribution in [3.8, 4) is 0 Å². The molecule has 0 bridgehead atoms. The van der Waals surface area contributed by atoms with E-state index < -0.39 is 0 Å². The Morgan fingerprint density at radius 1 is 1.41 bits per heavy atom. The minimum absolute atomic E-state index is 0.656. The molecule has 0 spiro atoms. The number of nitrogens with one attached hydrogen (secondary N) is 1. The molecule has 0 aromatic heterocycles. The summed E-state index contributed by atoms with van der Waals surface area (Å²) in [4.78, 5) is 0. The van der Waals surface area contributed by atoms with Gasteiger partial charge in [-0.25, -0.2) is 0 Å². The van der Waals surface area contributed by atoms with Crippen molar-refractivity contribution in [2.75, 3.05) is 5.43 Å². The van der Waals surface area contributed by atoms with Gasteiger partial charge in [-0.3, -0.25) is 5.43 Å². The molecule has 1 aromatic carbocycles. The number of fused-ring (bicyclic) bond motifs is 1. The zero-order chi connectivity index (χ0) is 11.8. The quantitative estimate of drug-likeness (QED) is 0.619. The normalized spacial score (nSPS) is 28.0. The fraction of sp³-hybridized carbons (Fsp3) is 0.357. The van der Waals surface area contributed by atoms with Crippen molar-refractivity contribution in [2.24, 2.45) is 16.9 Å². The molecule has 0 heterocycles. The smallest absolute Gasteiger partial charge is 0.0576 e. The van der Waals surface area contributed by atoms with Gasteiger partial charge in [0, 0.05) is 16.7 Å². The number of benzene rings is 1. The third-order valence-electron chi connectivity index (χ3n) is 3.66. The number of hydrogen-bond acceptors (Lipinski definition) is 2. The number of anilines is 1. The van der Waals surface area contributed by atoms with E-state index in [1.807, 2.05) is 25.1 Å². The van der Waals surface area contributed by atoms with Crippen LogP contribution in [-0.4, -0.2) is 5.71 Å². The standard InChI is InChI=1S/C14H15ClN2/c1-9-5-6-11(8-13(9)15)16-17-14-7-10-3-2-4-12(10)14/h2-3,5-6,8,10,12,16H,4,7H2,1H3/b17-14-/t10-,12+/m1/s1. The number of hydrazone groups is 1. The summed E-state index contributed by atoms with van der Waals surface area (Å²) in [6.07, 6.45) is 6.83. The van der Waals surface area contributed by atoms with Crippen LogP contribution in [0.5, 0.6) is 0 Å². The molecule has 1 saturated carbocycles. The van der Waals surface area contributed by atoms with Crippen molar-refractivity contribution >= 4 is 23.0 Å². The van der Waals surface area contributed by atoms with Crippen LogP contribution in [0.3, 0.4) is 0 Å². The van der Waals surface area contributed by atoms with E-state index in [0.29, 0.717) is 5.92 Å². The lowest BCUT2D eigenvalue weighted by molar-refractivity contribution is 0.466. The van der Waals surface area contributed by atoms with Crippen molar-refractivity contribution in [2.45, 2.75) is 19.8 Å². The molecule has 1 N–H and O–H groups in total. The van der Waals surface area contributed by atoms with Crippen LogP contribution in [0.25, 0.3) is 0 Å². The summed E-state index contributed by atoms with van der Waals surface area (Å²) in [5.41, 5.74) is 6.44. The fourth-order valence-corrected chi connectivity index (χ4v) is 2.64. The monoisotopic (exact) mass is 246 g/mol. The van der Waals surface area contributed by atoms with Crippen LogP contribution >= 0.6 is 11.6 Å². The fourth-order valence-electron chi connectivity index (χ4n) is 2.46. The van der Waals surface area contributed by atoms with Crippen molar-refractivity contribution in [1.82, 2.24) is 0 Å². The predicted molar refractivity (Wildman–Crippen MR) is 72.6 cm³/mol. The van der Waals surface area contributed by atoms with Gasteiger partial charge in [0.25, 0.3) is 0 Å². The summed E-state index contributed by atoms with van der Waals surface area (Å²) >= 11 is 6.07. The van der Waals surface area contributed by atoms with Gasteiger partial charge in [-0.05, 0) is 43.4 Å². The average Bonchev–Trinajstić information content (AvgIpc) is 2.66. The molecular formula is C14H15ClN2. The highest BCUT2D eigenvalue weighted by Crippen LogP contribution is 2.40. The Balaban J connectivity index is 1.68. The van der Waals surface area contributed by atoms with E-state index in [1.165, 1.54) is 5.71 Å². The molecule has 17 heavy (non-hydrogen) atoms. The van der Waals surface area contributed by atoms with Crippen LogP contribution in [0, 0.1) is 18.8 Å². The first-order valence-electron chi connectivity index (χ1n) is 5.99. The van der Waals surface area contributed by atoms with E-state index in [0.717, 1.165) is 35.0 Å². The summed E-state index contributed by atoms with van der Waals surface area (Å²) in [5.74, 6) is 1.40. The van der Waals surface area contributed by atoms with Crippen LogP contribution in [0.2, 0.25) is 5.02 Å². The summed E-state index contributed by atoms with van der Waals surface area (Å²) in [6.45, 7) is 2.00. The highest BCUT2D eigenvalue weighted by Gasteiger charge is 2.37. The van der Waals surface area contributed by atoms with E-state index in [2.05, 4.69) is 22.7 Å². The summed E-state index contributed by atoms with van der Waals surface area (Å²) < 4.78 is 0. The molecule has 0 radical (unpaired) electrons. The minimum Gasteiger partial charge on any atom is -0.279 e. The third kappa shape index (κ3) is 1.98. The molecule has 0 saturated heterocycles. The number of hydrogen-bond donors (Lipinski definition) is 1. The zero-order valence-corrected chi connectivity index (χ0v) is 10.5. The van der Waals surface area contributed by atoms with Crippen LogP contribution in [0.15, 0.2) is 35.5 Å². The van der Waals surface area contributed by atoms with Crippen LogP contribution in [-0.2, 0) is 0 Å². The molecule has 1 fully saturated rings. The van der Waals surface area contributed by atoms with E-state index in [4.69, 9.17) is 11.6 Å². The first-order valence-corrected chi connectivity index (χ1v) is 6.37. The van der Waals surface area contributed by atoms with Crippen molar-refractivity contribution in [3.05, 3.63) is 40.9 Å². The topological polar surface area (TPSA) is 24.4 Å². The molecule has 0 unspecified atom stereocenters. The molecule has 2 aliphatic carbocycles. The summed E-state index contributed by atoms with van der Waals surface area (Å²) in [6, 6.07) is 5.93. The van der Waals surface area contributed by atoms with E-state index >= 15 is 0 Å². The second-order valence-corrected chi connectivity index (χ2v) is 5.22. The van der Waals surface area contributed by atoms with E-state index in [1.54, 1.807) is 0 Å². The molecule has 0 aliphatic heterocycles. The number of aryl methyl sites for hydroxylation is 1. The number of nitrogens with zero attached hydrogens (tertiary/aromatic N) is 1. The SMILES string of the molecule is Cc1ccc(N/N=C2/C[C@H]3C=CC[C@H]23)cc1Cl. The van der Waals surface area contributed by atoms with Gasteiger partial charge in [0.1, 0.15) is 0 Å². The molecule has 3 heteroatoms. The molecular weight excluding hydrogens is 232 g/mol. The van der Waals surface area contributed by atoms with E-state index in [9.17, 15) is 0 Å². The van der Waals surface area contributed by atoms with Crippen molar-refractivity contribution in [3.63, 3.8) is 0 Å².